The third-order valence-electron chi connectivity index (χ3n) is 3.27. The van der Waals surface area contributed by atoms with E-state index < -0.39 is 10.8 Å². The van der Waals surface area contributed by atoms with E-state index in [-0.39, 0.29) is 11.3 Å². The van der Waals surface area contributed by atoms with Gasteiger partial charge in [-0.2, -0.15) is 0 Å². The van der Waals surface area contributed by atoms with Gasteiger partial charge in [-0.3, -0.25) is 14.9 Å². The molecular formula is C14H15ClN2O3. The van der Waals surface area contributed by atoms with Crippen LogP contribution in [0.4, 0.5) is 5.69 Å². The number of hydrogen-bond acceptors (Lipinski definition) is 3. The highest BCUT2D eigenvalue weighted by Crippen LogP contribution is 2.23. The second kappa shape index (κ2) is 6.52. The van der Waals surface area contributed by atoms with Crippen molar-refractivity contribution in [2.75, 3.05) is 6.54 Å². The smallest absolute Gasteiger partial charge is 0.282 e. The van der Waals surface area contributed by atoms with Gasteiger partial charge in [-0.15, -0.1) is 0 Å². The Bertz CT molecular complexity index is 570. The summed E-state index contributed by atoms with van der Waals surface area (Å²) in [6, 6.07) is 3.97. The number of nitro benzene ring substituents is 1. The Hall–Kier alpha value is -1.88. The third kappa shape index (κ3) is 3.57. The molecule has 1 amide bonds. The molecule has 106 valence electrons. The lowest BCUT2D eigenvalue weighted by atomic mass is 10.1. The van der Waals surface area contributed by atoms with Crippen molar-refractivity contribution in [2.45, 2.75) is 25.7 Å². The lowest BCUT2D eigenvalue weighted by Crippen LogP contribution is -2.25. The molecule has 1 aliphatic rings. The first-order valence-electron chi connectivity index (χ1n) is 6.48. The summed E-state index contributed by atoms with van der Waals surface area (Å²) in [6.45, 7) is 0.480. The second-order valence-electron chi connectivity index (χ2n) is 4.68. The Balaban J connectivity index is 2.01. The van der Waals surface area contributed by atoms with E-state index in [9.17, 15) is 14.9 Å². The number of amides is 1. The fourth-order valence-corrected chi connectivity index (χ4v) is 2.42. The molecule has 0 spiro atoms. The molecule has 0 radical (unpaired) electrons. The summed E-state index contributed by atoms with van der Waals surface area (Å²) in [5, 5.41) is 13.9. The minimum Gasteiger partial charge on any atom is -0.351 e. The zero-order chi connectivity index (χ0) is 14.5. The minimum absolute atomic E-state index is 0.00269. The average Bonchev–Trinajstić information content (AvgIpc) is 2.91. The van der Waals surface area contributed by atoms with E-state index in [1.165, 1.54) is 30.2 Å². The van der Waals surface area contributed by atoms with Crippen LogP contribution in [0.15, 0.2) is 29.8 Å². The molecule has 1 aliphatic carbocycles. The first-order valence-corrected chi connectivity index (χ1v) is 6.86. The van der Waals surface area contributed by atoms with Crippen molar-refractivity contribution in [3.8, 4) is 0 Å². The van der Waals surface area contributed by atoms with E-state index in [1.807, 2.05) is 0 Å². The Labute approximate surface area is 121 Å². The SMILES string of the molecule is O=C(NCCC1=CCCC1)c1cc(Cl)ccc1[N+](=O)[O-]. The summed E-state index contributed by atoms with van der Waals surface area (Å²) in [5.74, 6) is -0.460. The van der Waals surface area contributed by atoms with Crippen molar-refractivity contribution in [2.24, 2.45) is 0 Å². The zero-order valence-electron chi connectivity index (χ0n) is 10.9. The van der Waals surface area contributed by atoms with Crippen LogP contribution in [0.2, 0.25) is 5.02 Å². The molecule has 0 heterocycles. The number of nitro groups is 1. The number of halogens is 1. The van der Waals surface area contributed by atoms with Crippen molar-refractivity contribution < 1.29 is 9.72 Å². The maximum absolute atomic E-state index is 12.0. The van der Waals surface area contributed by atoms with Crippen molar-refractivity contribution in [1.29, 1.82) is 0 Å². The number of allylic oxidation sites excluding steroid dienone is 1. The Morgan fingerprint density at radius 2 is 2.25 bits per heavy atom. The number of nitrogens with one attached hydrogen (secondary N) is 1. The highest BCUT2D eigenvalue weighted by molar-refractivity contribution is 6.31. The highest BCUT2D eigenvalue weighted by Gasteiger charge is 2.20. The Morgan fingerprint density at radius 1 is 1.45 bits per heavy atom. The van der Waals surface area contributed by atoms with Crippen LogP contribution in [-0.4, -0.2) is 17.4 Å². The molecule has 0 aliphatic heterocycles. The van der Waals surface area contributed by atoms with Crippen LogP contribution in [0.25, 0.3) is 0 Å². The lowest BCUT2D eigenvalue weighted by molar-refractivity contribution is -0.385. The summed E-state index contributed by atoms with van der Waals surface area (Å²) in [4.78, 5) is 22.3. The highest BCUT2D eigenvalue weighted by atomic mass is 35.5. The van der Waals surface area contributed by atoms with Crippen molar-refractivity contribution in [3.63, 3.8) is 0 Å². The van der Waals surface area contributed by atoms with Gasteiger partial charge in [0.1, 0.15) is 5.56 Å². The van der Waals surface area contributed by atoms with Crippen molar-refractivity contribution in [3.05, 3.63) is 50.5 Å². The molecule has 0 saturated carbocycles. The van der Waals surface area contributed by atoms with Gasteiger partial charge in [0, 0.05) is 17.6 Å². The summed E-state index contributed by atoms with van der Waals surface area (Å²) < 4.78 is 0. The third-order valence-corrected chi connectivity index (χ3v) is 3.50. The lowest BCUT2D eigenvalue weighted by Gasteiger charge is -2.07. The quantitative estimate of drug-likeness (QED) is 0.513. The summed E-state index contributed by atoms with van der Waals surface area (Å²) in [5.41, 5.74) is 1.11. The molecule has 0 saturated heterocycles. The number of nitrogens with zero attached hydrogens (tertiary/aromatic N) is 1. The molecule has 20 heavy (non-hydrogen) atoms. The van der Waals surface area contributed by atoms with Crippen LogP contribution < -0.4 is 5.32 Å². The normalized spacial score (nSPS) is 13.9. The average molecular weight is 295 g/mol. The number of hydrogen-bond donors (Lipinski definition) is 1. The topological polar surface area (TPSA) is 72.2 Å². The second-order valence-corrected chi connectivity index (χ2v) is 5.12. The van der Waals surface area contributed by atoms with E-state index >= 15 is 0 Å². The van der Waals surface area contributed by atoms with Gasteiger partial charge in [-0.25, -0.2) is 0 Å². The summed E-state index contributed by atoms with van der Waals surface area (Å²) in [7, 11) is 0. The van der Waals surface area contributed by atoms with Gasteiger partial charge >= 0.3 is 0 Å². The predicted octanol–water partition coefficient (Wildman–Crippen LogP) is 3.48. The summed E-state index contributed by atoms with van der Waals surface area (Å²) >= 11 is 5.79. The molecule has 0 aromatic heterocycles. The zero-order valence-corrected chi connectivity index (χ0v) is 11.7. The molecule has 2 rings (SSSR count). The Kier molecular flexibility index (Phi) is 4.74. The van der Waals surface area contributed by atoms with E-state index in [0.29, 0.717) is 11.6 Å². The van der Waals surface area contributed by atoms with Gasteiger partial charge < -0.3 is 5.32 Å². The van der Waals surface area contributed by atoms with E-state index in [4.69, 9.17) is 11.6 Å². The minimum atomic E-state index is -0.579. The molecule has 1 N–H and O–H groups in total. The first-order chi connectivity index (χ1) is 9.58. The molecule has 1 aromatic carbocycles. The van der Waals surface area contributed by atoms with E-state index in [1.54, 1.807) is 0 Å². The van der Waals surface area contributed by atoms with Crippen LogP contribution in [0.5, 0.6) is 0 Å². The standard InChI is InChI=1S/C14H15ClN2O3/c15-11-5-6-13(17(19)20)12(9-11)14(18)16-8-7-10-3-1-2-4-10/h3,5-6,9H,1-2,4,7-8H2,(H,16,18). The Morgan fingerprint density at radius 3 is 2.90 bits per heavy atom. The fraction of sp³-hybridized carbons (Fsp3) is 0.357. The molecular weight excluding hydrogens is 280 g/mol. The van der Waals surface area contributed by atoms with Gasteiger partial charge in [0.05, 0.1) is 4.92 Å². The number of rotatable bonds is 5. The predicted molar refractivity (Wildman–Crippen MR) is 77.0 cm³/mol. The first kappa shape index (κ1) is 14.5. The van der Waals surface area contributed by atoms with Crippen LogP contribution in [-0.2, 0) is 0 Å². The number of carbonyl (C=O) groups is 1. The van der Waals surface area contributed by atoms with Gasteiger partial charge in [0.15, 0.2) is 0 Å². The van der Waals surface area contributed by atoms with Crippen molar-refractivity contribution >= 4 is 23.2 Å². The molecule has 0 fully saturated rings. The molecule has 6 heteroatoms. The van der Waals surface area contributed by atoms with Crippen LogP contribution in [0, 0.1) is 10.1 Å². The largest absolute Gasteiger partial charge is 0.351 e. The maximum atomic E-state index is 12.0. The van der Waals surface area contributed by atoms with Gasteiger partial charge in [-0.1, -0.05) is 23.3 Å². The van der Waals surface area contributed by atoms with Crippen molar-refractivity contribution in [1.82, 2.24) is 5.32 Å². The van der Waals surface area contributed by atoms with Crippen LogP contribution >= 0.6 is 11.6 Å². The molecule has 0 unspecified atom stereocenters. The van der Waals surface area contributed by atoms with E-state index in [2.05, 4.69) is 11.4 Å². The summed E-state index contributed by atoms with van der Waals surface area (Å²) in [6.07, 6.45) is 6.33. The van der Waals surface area contributed by atoms with Crippen LogP contribution in [0.3, 0.4) is 0 Å². The maximum Gasteiger partial charge on any atom is 0.282 e. The number of carbonyl (C=O) groups excluding carboxylic acids is 1. The molecule has 5 nitrogen and oxygen atoms in total. The number of benzene rings is 1. The van der Waals surface area contributed by atoms with Gasteiger partial charge in [0.2, 0.25) is 0 Å². The molecule has 0 atom stereocenters. The van der Waals surface area contributed by atoms with E-state index in [0.717, 1.165) is 19.3 Å². The molecule has 0 bridgehead atoms. The fourth-order valence-electron chi connectivity index (χ4n) is 2.25. The molecule has 1 aromatic rings. The van der Waals surface area contributed by atoms with Crippen LogP contribution in [0.1, 0.15) is 36.0 Å². The monoisotopic (exact) mass is 294 g/mol. The van der Waals surface area contributed by atoms with Gasteiger partial charge in [0.25, 0.3) is 11.6 Å². The van der Waals surface area contributed by atoms with Gasteiger partial charge in [-0.05, 0) is 37.8 Å².